The lowest BCUT2D eigenvalue weighted by Crippen LogP contribution is -2.00. The van der Waals surface area contributed by atoms with Crippen LogP contribution < -0.4 is 10.2 Å². The fraction of sp³-hybridized carbons (Fsp3) is 0.267. The first-order valence-electron chi connectivity index (χ1n) is 6.65. The summed E-state index contributed by atoms with van der Waals surface area (Å²) in [6.45, 7) is 6.15. The van der Waals surface area contributed by atoms with Gasteiger partial charge in [-0.05, 0) is 50.6 Å². The maximum absolute atomic E-state index is 9.63. The highest BCUT2D eigenvalue weighted by molar-refractivity contribution is 5.81. The van der Waals surface area contributed by atoms with Crippen LogP contribution in [0.3, 0.4) is 0 Å². The van der Waals surface area contributed by atoms with Gasteiger partial charge in [-0.3, -0.25) is 0 Å². The second-order valence-electron chi connectivity index (χ2n) is 4.50. The van der Waals surface area contributed by atoms with E-state index in [2.05, 4.69) is 20.5 Å². The molecule has 0 radical (unpaired) electrons. The molecule has 2 rings (SSSR count). The van der Waals surface area contributed by atoms with Crippen LogP contribution >= 0.6 is 0 Å². The van der Waals surface area contributed by atoms with E-state index in [0.29, 0.717) is 18.3 Å². The van der Waals surface area contributed by atoms with Crippen molar-refractivity contribution in [1.29, 1.82) is 0 Å². The van der Waals surface area contributed by atoms with Gasteiger partial charge in [0.25, 0.3) is 0 Å². The van der Waals surface area contributed by atoms with Crippen molar-refractivity contribution in [3.05, 3.63) is 41.2 Å². The SMILES string of the molecule is CCOc1cc(/C=N/Nc2nc(C)cc(C)n2)ccc1O. The third-order valence-electron chi connectivity index (χ3n) is 2.64. The highest BCUT2D eigenvalue weighted by Gasteiger charge is 2.02. The first-order chi connectivity index (χ1) is 10.1. The molecule has 0 spiro atoms. The first kappa shape index (κ1) is 14.8. The maximum atomic E-state index is 9.63. The molecule has 1 heterocycles. The number of phenolic OH excluding ortho intramolecular Hbond substituents is 1. The molecule has 0 aliphatic carbocycles. The Hall–Kier alpha value is -2.63. The maximum Gasteiger partial charge on any atom is 0.243 e. The largest absolute Gasteiger partial charge is 0.504 e. The van der Waals surface area contributed by atoms with Gasteiger partial charge >= 0.3 is 0 Å². The van der Waals surface area contributed by atoms with Gasteiger partial charge in [-0.15, -0.1) is 0 Å². The quantitative estimate of drug-likeness (QED) is 0.652. The average molecular weight is 286 g/mol. The highest BCUT2D eigenvalue weighted by Crippen LogP contribution is 2.26. The molecule has 0 fully saturated rings. The minimum absolute atomic E-state index is 0.111. The van der Waals surface area contributed by atoms with Gasteiger partial charge in [0.05, 0.1) is 12.8 Å². The van der Waals surface area contributed by atoms with E-state index in [0.717, 1.165) is 17.0 Å². The summed E-state index contributed by atoms with van der Waals surface area (Å²) in [5, 5.41) is 13.7. The molecule has 21 heavy (non-hydrogen) atoms. The summed E-state index contributed by atoms with van der Waals surface area (Å²) < 4.78 is 5.32. The molecule has 0 aliphatic heterocycles. The molecule has 6 heteroatoms. The van der Waals surface area contributed by atoms with Crippen molar-refractivity contribution in [1.82, 2.24) is 9.97 Å². The Morgan fingerprint density at radius 1 is 1.24 bits per heavy atom. The fourth-order valence-corrected chi connectivity index (χ4v) is 1.82. The third-order valence-corrected chi connectivity index (χ3v) is 2.64. The molecule has 2 aromatic rings. The molecule has 0 saturated carbocycles. The van der Waals surface area contributed by atoms with Crippen molar-refractivity contribution in [3.63, 3.8) is 0 Å². The predicted molar refractivity (Wildman–Crippen MR) is 82.0 cm³/mol. The van der Waals surface area contributed by atoms with Gasteiger partial charge in [-0.25, -0.2) is 15.4 Å². The normalized spacial score (nSPS) is 10.8. The summed E-state index contributed by atoms with van der Waals surface area (Å²) in [7, 11) is 0. The Balaban J connectivity index is 2.09. The Bertz CT molecular complexity index is 636. The molecule has 0 atom stereocenters. The van der Waals surface area contributed by atoms with Crippen molar-refractivity contribution < 1.29 is 9.84 Å². The van der Waals surface area contributed by atoms with Crippen LogP contribution in [-0.2, 0) is 0 Å². The number of aromatic nitrogens is 2. The summed E-state index contributed by atoms with van der Waals surface area (Å²) in [5.74, 6) is 0.997. The molecule has 0 aliphatic rings. The molecule has 0 saturated heterocycles. The van der Waals surface area contributed by atoms with Crippen LogP contribution in [-0.4, -0.2) is 27.9 Å². The predicted octanol–water partition coefficient (Wildman–Crippen LogP) is 2.64. The molecule has 0 amide bonds. The third kappa shape index (κ3) is 4.17. The minimum Gasteiger partial charge on any atom is -0.504 e. The van der Waals surface area contributed by atoms with Gasteiger partial charge in [-0.1, -0.05) is 0 Å². The molecule has 1 aromatic carbocycles. The summed E-state index contributed by atoms with van der Waals surface area (Å²) >= 11 is 0. The second-order valence-corrected chi connectivity index (χ2v) is 4.50. The summed E-state index contributed by atoms with van der Waals surface area (Å²) in [6.07, 6.45) is 1.61. The van der Waals surface area contributed by atoms with Gasteiger partial charge in [-0.2, -0.15) is 5.10 Å². The number of rotatable bonds is 5. The van der Waals surface area contributed by atoms with Crippen molar-refractivity contribution in [2.75, 3.05) is 12.0 Å². The molecule has 0 unspecified atom stereocenters. The number of anilines is 1. The van der Waals surface area contributed by atoms with Crippen LogP contribution in [0, 0.1) is 13.8 Å². The van der Waals surface area contributed by atoms with Crippen LogP contribution in [0.25, 0.3) is 0 Å². The van der Waals surface area contributed by atoms with Crippen LogP contribution in [0.15, 0.2) is 29.4 Å². The van der Waals surface area contributed by atoms with E-state index in [1.807, 2.05) is 26.8 Å². The van der Waals surface area contributed by atoms with Gasteiger partial charge in [0.1, 0.15) is 0 Å². The Morgan fingerprint density at radius 2 is 1.95 bits per heavy atom. The fourth-order valence-electron chi connectivity index (χ4n) is 1.82. The lowest BCUT2D eigenvalue weighted by molar-refractivity contribution is 0.318. The van der Waals surface area contributed by atoms with Crippen LogP contribution in [0.2, 0.25) is 0 Å². The summed E-state index contributed by atoms with van der Waals surface area (Å²) in [6, 6.07) is 6.92. The van der Waals surface area contributed by atoms with Crippen molar-refractivity contribution >= 4 is 12.2 Å². The van der Waals surface area contributed by atoms with Gasteiger partial charge in [0, 0.05) is 11.4 Å². The van der Waals surface area contributed by atoms with Gasteiger partial charge < -0.3 is 9.84 Å². The van der Waals surface area contributed by atoms with E-state index in [4.69, 9.17) is 4.74 Å². The van der Waals surface area contributed by atoms with Crippen molar-refractivity contribution in [2.45, 2.75) is 20.8 Å². The lowest BCUT2D eigenvalue weighted by atomic mass is 10.2. The zero-order valence-electron chi connectivity index (χ0n) is 12.3. The van der Waals surface area contributed by atoms with E-state index in [9.17, 15) is 5.11 Å². The Morgan fingerprint density at radius 3 is 2.62 bits per heavy atom. The van der Waals surface area contributed by atoms with Crippen molar-refractivity contribution in [3.8, 4) is 11.5 Å². The number of nitrogens with one attached hydrogen (secondary N) is 1. The van der Waals surface area contributed by atoms with Crippen LogP contribution in [0.1, 0.15) is 23.9 Å². The molecular formula is C15H18N4O2. The standard InChI is InChI=1S/C15H18N4O2/c1-4-21-14-8-12(5-6-13(14)20)9-16-19-15-17-10(2)7-11(3)18-15/h5-9,20H,4H2,1-3H3,(H,17,18,19)/b16-9+. The molecular weight excluding hydrogens is 268 g/mol. The second kappa shape index (κ2) is 6.69. The highest BCUT2D eigenvalue weighted by atomic mass is 16.5. The number of nitrogens with zero attached hydrogens (tertiary/aromatic N) is 3. The number of hydrogen-bond donors (Lipinski definition) is 2. The molecule has 1 aromatic heterocycles. The number of aryl methyl sites for hydroxylation is 2. The first-order valence-corrected chi connectivity index (χ1v) is 6.65. The van der Waals surface area contributed by atoms with E-state index >= 15 is 0 Å². The number of benzene rings is 1. The number of phenols is 1. The number of hydrazone groups is 1. The average Bonchev–Trinajstić information content (AvgIpc) is 2.41. The Labute approximate surface area is 123 Å². The molecule has 6 nitrogen and oxygen atoms in total. The van der Waals surface area contributed by atoms with E-state index in [1.165, 1.54) is 0 Å². The van der Waals surface area contributed by atoms with E-state index < -0.39 is 0 Å². The zero-order chi connectivity index (χ0) is 15.2. The van der Waals surface area contributed by atoms with Crippen LogP contribution in [0.5, 0.6) is 11.5 Å². The number of hydrogen-bond acceptors (Lipinski definition) is 6. The minimum atomic E-state index is 0.111. The van der Waals surface area contributed by atoms with E-state index in [1.54, 1.807) is 24.4 Å². The Kier molecular flexibility index (Phi) is 4.71. The molecule has 0 bridgehead atoms. The van der Waals surface area contributed by atoms with Gasteiger partial charge in [0.15, 0.2) is 11.5 Å². The lowest BCUT2D eigenvalue weighted by Gasteiger charge is -2.06. The zero-order valence-corrected chi connectivity index (χ0v) is 12.3. The molecule has 2 N–H and O–H groups in total. The van der Waals surface area contributed by atoms with Crippen molar-refractivity contribution in [2.24, 2.45) is 5.10 Å². The number of aromatic hydroxyl groups is 1. The summed E-state index contributed by atoms with van der Waals surface area (Å²) in [5.41, 5.74) is 5.34. The topological polar surface area (TPSA) is 79.6 Å². The van der Waals surface area contributed by atoms with Crippen LogP contribution in [0.4, 0.5) is 5.95 Å². The van der Waals surface area contributed by atoms with E-state index in [-0.39, 0.29) is 5.75 Å². The summed E-state index contributed by atoms with van der Waals surface area (Å²) in [4.78, 5) is 8.45. The number of ether oxygens (including phenoxy) is 1. The van der Waals surface area contributed by atoms with Gasteiger partial charge in [0.2, 0.25) is 5.95 Å². The smallest absolute Gasteiger partial charge is 0.243 e. The monoisotopic (exact) mass is 286 g/mol. The molecule has 110 valence electrons.